The molecule has 4 nitrogen and oxygen atoms in total. The van der Waals surface area contributed by atoms with Crippen LogP contribution >= 0.6 is 31.9 Å². The molecule has 3 aromatic carbocycles. The van der Waals surface area contributed by atoms with Gasteiger partial charge in [0, 0.05) is 11.3 Å². The van der Waals surface area contributed by atoms with Crippen LogP contribution in [0.1, 0.15) is 11.7 Å². The van der Waals surface area contributed by atoms with Crippen LogP contribution in [0.5, 0.6) is 5.75 Å². The maximum absolute atomic E-state index is 10.1. The monoisotopic (exact) mass is 469 g/mol. The number of imidazole rings is 1. The fraction of sp³-hybridized carbons (Fsp3) is 0.0500. The van der Waals surface area contributed by atoms with E-state index in [2.05, 4.69) is 59.9 Å². The summed E-state index contributed by atoms with van der Waals surface area (Å²) in [6.07, 6.45) is -0.138. The van der Waals surface area contributed by atoms with Crippen LogP contribution < -0.4 is 5.32 Å². The molecular formula is C20H13Br2N3O. The molecule has 2 heterocycles. The number of phenols is 1. The summed E-state index contributed by atoms with van der Waals surface area (Å²) in [7, 11) is 0. The van der Waals surface area contributed by atoms with Crippen LogP contribution in [0.2, 0.25) is 0 Å². The molecule has 1 atom stereocenters. The highest BCUT2D eigenvalue weighted by molar-refractivity contribution is 9.11. The number of halogens is 2. The third-order valence-corrected chi connectivity index (χ3v) is 5.88. The molecule has 0 unspecified atom stereocenters. The first-order valence-corrected chi connectivity index (χ1v) is 9.73. The highest BCUT2D eigenvalue weighted by Gasteiger charge is 2.28. The Balaban J connectivity index is 1.82. The van der Waals surface area contributed by atoms with Gasteiger partial charge in [-0.1, -0.05) is 24.3 Å². The summed E-state index contributed by atoms with van der Waals surface area (Å²) < 4.78 is 3.50. The number of nitrogens with one attached hydrogen (secondary N) is 1. The zero-order valence-corrected chi connectivity index (χ0v) is 16.6. The highest BCUT2D eigenvalue weighted by Crippen LogP contribution is 2.43. The van der Waals surface area contributed by atoms with Crippen LogP contribution in [0.3, 0.4) is 0 Å². The Bertz CT molecular complexity index is 1150. The van der Waals surface area contributed by atoms with Crippen molar-refractivity contribution >= 4 is 48.6 Å². The molecular weight excluding hydrogens is 458 g/mol. The van der Waals surface area contributed by atoms with Crippen molar-refractivity contribution in [2.24, 2.45) is 0 Å². The van der Waals surface area contributed by atoms with E-state index in [-0.39, 0.29) is 11.9 Å². The zero-order chi connectivity index (χ0) is 17.8. The number of aromatic nitrogens is 2. The summed E-state index contributed by atoms with van der Waals surface area (Å²) in [6.45, 7) is 0. The minimum Gasteiger partial charge on any atom is -0.506 e. The van der Waals surface area contributed by atoms with Gasteiger partial charge in [-0.3, -0.25) is 4.57 Å². The second kappa shape index (κ2) is 5.86. The van der Waals surface area contributed by atoms with Crippen LogP contribution in [0.15, 0.2) is 69.6 Å². The van der Waals surface area contributed by atoms with Crippen LogP contribution in [-0.2, 0) is 0 Å². The number of hydrogen-bond donors (Lipinski definition) is 2. The molecule has 0 amide bonds. The standard InChI is InChI=1S/C20H13Br2N3O/c21-13-9-11(10-14(22)18(13)26)19-23-15-6-2-1-5-12(15)20-24-16-7-3-4-8-17(16)25(19)20/h1-10,19,23,26H/t19-/m1/s1. The van der Waals surface area contributed by atoms with Gasteiger partial charge >= 0.3 is 0 Å². The Hall–Kier alpha value is -2.31. The van der Waals surface area contributed by atoms with E-state index < -0.39 is 0 Å². The van der Waals surface area contributed by atoms with Gasteiger partial charge in [0.25, 0.3) is 0 Å². The number of anilines is 1. The molecule has 0 aliphatic carbocycles. The molecule has 0 bridgehead atoms. The van der Waals surface area contributed by atoms with Gasteiger partial charge in [-0.25, -0.2) is 4.98 Å². The quantitative estimate of drug-likeness (QED) is 0.363. The van der Waals surface area contributed by atoms with E-state index in [4.69, 9.17) is 4.98 Å². The minimum atomic E-state index is -0.138. The van der Waals surface area contributed by atoms with Gasteiger partial charge in [0.05, 0.1) is 20.0 Å². The molecule has 0 spiro atoms. The van der Waals surface area contributed by atoms with Gasteiger partial charge in [0.1, 0.15) is 17.7 Å². The van der Waals surface area contributed by atoms with Crippen molar-refractivity contribution in [2.45, 2.75) is 6.17 Å². The number of benzene rings is 3. The van der Waals surface area contributed by atoms with Gasteiger partial charge < -0.3 is 10.4 Å². The van der Waals surface area contributed by atoms with E-state index in [1.54, 1.807) is 0 Å². The Kier molecular flexibility index (Phi) is 3.58. The molecule has 26 heavy (non-hydrogen) atoms. The molecule has 0 fully saturated rings. The van der Waals surface area contributed by atoms with Gasteiger partial charge in [0.15, 0.2) is 0 Å². The fourth-order valence-electron chi connectivity index (χ4n) is 3.49. The predicted molar refractivity (Wildman–Crippen MR) is 110 cm³/mol. The van der Waals surface area contributed by atoms with Crippen molar-refractivity contribution in [2.75, 3.05) is 5.32 Å². The van der Waals surface area contributed by atoms with E-state index in [0.29, 0.717) is 8.95 Å². The number of fused-ring (bicyclic) bond motifs is 5. The number of rotatable bonds is 1. The van der Waals surface area contributed by atoms with E-state index in [9.17, 15) is 5.11 Å². The number of hydrogen-bond acceptors (Lipinski definition) is 3. The summed E-state index contributed by atoms with van der Waals surface area (Å²) >= 11 is 6.89. The highest BCUT2D eigenvalue weighted by atomic mass is 79.9. The van der Waals surface area contributed by atoms with E-state index in [1.165, 1.54) is 0 Å². The largest absolute Gasteiger partial charge is 0.506 e. The summed E-state index contributed by atoms with van der Waals surface area (Å²) in [6, 6.07) is 20.2. The third-order valence-electron chi connectivity index (χ3n) is 4.67. The second-order valence-electron chi connectivity index (χ2n) is 6.22. The smallest absolute Gasteiger partial charge is 0.145 e. The van der Waals surface area contributed by atoms with Crippen molar-refractivity contribution in [3.8, 4) is 17.1 Å². The fourth-order valence-corrected chi connectivity index (χ4v) is 4.71. The third kappa shape index (κ3) is 2.29. The average Bonchev–Trinajstić information content (AvgIpc) is 3.05. The maximum atomic E-state index is 10.1. The number of phenolic OH excluding ortho intramolecular Hbond substituents is 1. The van der Waals surface area contributed by atoms with Crippen molar-refractivity contribution in [1.29, 1.82) is 0 Å². The van der Waals surface area contributed by atoms with Crippen molar-refractivity contribution < 1.29 is 5.11 Å². The minimum absolute atomic E-state index is 0.138. The summed E-state index contributed by atoms with van der Waals surface area (Å²) in [5.74, 6) is 1.13. The van der Waals surface area contributed by atoms with Crippen LogP contribution in [0, 0.1) is 0 Å². The SMILES string of the molecule is Oc1c(Br)cc([C@@H]2Nc3ccccc3-c3nc4ccccc4n32)cc1Br. The van der Waals surface area contributed by atoms with Gasteiger partial charge in [0.2, 0.25) is 0 Å². The molecule has 1 aliphatic heterocycles. The lowest BCUT2D eigenvalue weighted by molar-refractivity contribution is 0.467. The first-order valence-electron chi connectivity index (χ1n) is 8.14. The molecule has 0 saturated carbocycles. The average molecular weight is 471 g/mol. The molecule has 5 rings (SSSR count). The van der Waals surface area contributed by atoms with E-state index >= 15 is 0 Å². The van der Waals surface area contributed by atoms with Crippen molar-refractivity contribution in [3.05, 3.63) is 75.2 Å². The molecule has 6 heteroatoms. The zero-order valence-electron chi connectivity index (χ0n) is 13.4. The molecule has 1 aliphatic rings. The molecule has 4 aromatic rings. The lowest BCUT2D eigenvalue weighted by Gasteiger charge is -2.30. The topological polar surface area (TPSA) is 50.1 Å². The molecule has 0 radical (unpaired) electrons. The number of nitrogens with zero attached hydrogens (tertiary/aromatic N) is 2. The summed E-state index contributed by atoms with van der Waals surface area (Å²) in [5.41, 5.74) is 5.16. The lowest BCUT2D eigenvalue weighted by atomic mass is 10.1. The molecule has 128 valence electrons. The Morgan fingerprint density at radius 1 is 0.962 bits per heavy atom. The number of para-hydroxylation sites is 3. The molecule has 1 aromatic heterocycles. The van der Waals surface area contributed by atoms with Crippen LogP contribution in [-0.4, -0.2) is 14.7 Å². The first kappa shape index (κ1) is 15.9. The molecule has 0 saturated heterocycles. The van der Waals surface area contributed by atoms with Gasteiger partial charge in [-0.05, 0) is 73.8 Å². The van der Waals surface area contributed by atoms with Crippen molar-refractivity contribution in [1.82, 2.24) is 9.55 Å². The van der Waals surface area contributed by atoms with Gasteiger partial charge in [-0.2, -0.15) is 0 Å². The summed E-state index contributed by atoms with van der Waals surface area (Å²) in [5, 5.41) is 13.7. The van der Waals surface area contributed by atoms with Crippen LogP contribution in [0.4, 0.5) is 5.69 Å². The van der Waals surface area contributed by atoms with E-state index in [1.807, 2.05) is 42.5 Å². The Labute approximate surface area is 166 Å². The number of aromatic hydroxyl groups is 1. The normalized spacial score (nSPS) is 15.4. The Morgan fingerprint density at radius 3 is 2.46 bits per heavy atom. The van der Waals surface area contributed by atoms with E-state index in [0.717, 1.165) is 33.7 Å². The first-order chi connectivity index (χ1) is 12.6. The van der Waals surface area contributed by atoms with Crippen molar-refractivity contribution in [3.63, 3.8) is 0 Å². The predicted octanol–water partition coefficient (Wildman–Crippen LogP) is 5.91. The second-order valence-corrected chi connectivity index (χ2v) is 7.93. The van der Waals surface area contributed by atoms with Gasteiger partial charge in [-0.15, -0.1) is 0 Å². The summed E-state index contributed by atoms with van der Waals surface area (Å²) in [4.78, 5) is 4.88. The Morgan fingerprint density at radius 2 is 1.65 bits per heavy atom. The lowest BCUT2D eigenvalue weighted by Crippen LogP contribution is -2.24. The maximum Gasteiger partial charge on any atom is 0.145 e. The van der Waals surface area contributed by atoms with Crippen LogP contribution in [0.25, 0.3) is 22.4 Å². The molecule has 2 N–H and O–H groups in total.